The molecule has 26 heavy (non-hydrogen) atoms. The number of anilines is 1. The van der Waals surface area contributed by atoms with Gasteiger partial charge in [0.2, 0.25) is 5.95 Å². The number of rotatable bonds is 4. The van der Waals surface area contributed by atoms with Gasteiger partial charge in [0.15, 0.2) is 11.5 Å². The molecule has 0 saturated heterocycles. The maximum Gasteiger partial charge on any atom is 0.248 e. The Morgan fingerprint density at radius 2 is 1.88 bits per heavy atom. The van der Waals surface area contributed by atoms with Crippen LogP contribution in [0.1, 0.15) is 17.2 Å². The Morgan fingerprint density at radius 3 is 2.65 bits per heavy atom. The number of methoxy groups -OCH3 is 2. The van der Waals surface area contributed by atoms with Crippen LogP contribution in [0.25, 0.3) is 5.70 Å². The second kappa shape index (κ2) is 6.68. The molecule has 2 aromatic carbocycles. The fraction of sp³-hybridized carbons (Fsp3) is 0.167. The third kappa shape index (κ3) is 2.76. The summed E-state index contributed by atoms with van der Waals surface area (Å²) in [4.78, 5) is 0. The number of allylic oxidation sites excluding steroid dienone is 1. The molecule has 0 amide bonds. The smallest absolute Gasteiger partial charge is 0.248 e. The molecule has 0 spiro atoms. The molecule has 0 bridgehead atoms. The van der Waals surface area contributed by atoms with Crippen LogP contribution in [0, 0.1) is 0 Å². The first-order valence-corrected chi connectivity index (χ1v) is 8.32. The van der Waals surface area contributed by atoms with Crippen LogP contribution in [0.15, 0.2) is 48.5 Å². The van der Waals surface area contributed by atoms with Crippen LogP contribution in [0.2, 0.25) is 5.02 Å². The van der Waals surface area contributed by atoms with E-state index >= 15 is 0 Å². The van der Waals surface area contributed by atoms with Gasteiger partial charge in [-0.25, -0.2) is 0 Å². The zero-order valence-corrected chi connectivity index (χ0v) is 14.9. The van der Waals surface area contributed by atoms with E-state index in [1.165, 1.54) is 0 Å². The highest BCUT2D eigenvalue weighted by atomic mass is 35.5. The number of aromatic nitrogens is 4. The summed E-state index contributed by atoms with van der Waals surface area (Å²) in [5.41, 5.74) is 2.70. The van der Waals surface area contributed by atoms with Gasteiger partial charge < -0.3 is 14.8 Å². The van der Waals surface area contributed by atoms with Gasteiger partial charge in [-0.15, -0.1) is 0 Å². The third-order valence-corrected chi connectivity index (χ3v) is 4.59. The first kappa shape index (κ1) is 16.4. The minimum Gasteiger partial charge on any atom is -0.493 e. The lowest BCUT2D eigenvalue weighted by molar-refractivity contribution is 0.355. The molecular weight excluding hydrogens is 354 g/mol. The van der Waals surface area contributed by atoms with Gasteiger partial charge in [-0.05, 0) is 46.3 Å². The van der Waals surface area contributed by atoms with Crippen LogP contribution in [0.4, 0.5) is 5.95 Å². The Hall–Kier alpha value is -3.06. The van der Waals surface area contributed by atoms with Crippen LogP contribution >= 0.6 is 11.6 Å². The topological polar surface area (TPSA) is 74.1 Å². The highest BCUT2D eigenvalue weighted by Gasteiger charge is 2.26. The molecule has 3 aromatic rings. The maximum atomic E-state index is 6.40. The van der Waals surface area contributed by atoms with Gasteiger partial charge in [-0.3, -0.25) is 0 Å². The van der Waals surface area contributed by atoms with Crippen molar-refractivity contribution in [2.45, 2.75) is 6.04 Å². The minimum absolute atomic E-state index is 0.224. The molecule has 0 unspecified atom stereocenters. The van der Waals surface area contributed by atoms with Gasteiger partial charge >= 0.3 is 0 Å². The molecule has 8 heteroatoms. The van der Waals surface area contributed by atoms with Crippen molar-refractivity contribution in [3.8, 4) is 11.5 Å². The van der Waals surface area contributed by atoms with E-state index in [1.807, 2.05) is 48.5 Å². The molecule has 2 heterocycles. The van der Waals surface area contributed by atoms with Crippen LogP contribution in [-0.4, -0.2) is 34.4 Å². The first-order chi connectivity index (χ1) is 12.7. The lowest BCUT2D eigenvalue weighted by Crippen LogP contribution is -2.20. The quantitative estimate of drug-likeness (QED) is 0.759. The minimum atomic E-state index is -0.224. The number of benzene rings is 2. The molecule has 1 N–H and O–H groups in total. The standard InChI is InChI=1S/C18H16ClN5O2/c1-25-16-8-7-11(9-17(16)26-2)14-10-15(12-5-3-4-6-13(12)19)24-18(20-14)21-22-23-24/h3-10,15H,1-2H3,(H,20,21,23)/t15-/m0/s1. The van der Waals surface area contributed by atoms with Crippen molar-refractivity contribution in [2.24, 2.45) is 0 Å². The van der Waals surface area contributed by atoms with E-state index in [1.54, 1.807) is 18.9 Å². The normalized spacial score (nSPS) is 15.7. The summed E-state index contributed by atoms with van der Waals surface area (Å²) < 4.78 is 12.4. The third-order valence-electron chi connectivity index (χ3n) is 4.25. The van der Waals surface area contributed by atoms with Gasteiger partial charge in [-0.2, -0.15) is 4.68 Å². The Balaban J connectivity index is 1.81. The summed E-state index contributed by atoms with van der Waals surface area (Å²) in [6, 6.07) is 13.1. The predicted molar refractivity (Wildman–Crippen MR) is 98.6 cm³/mol. The van der Waals surface area contributed by atoms with E-state index < -0.39 is 0 Å². The zero-order valence-electron chi connectivity index (χ0n) is 14.2. The molecule has 1 aliphatic heterocycles. The fourth-order valence-corrected chi connectivity index (χ4v) is 3.21. The van der Waals surface area contributed by atoms with Crippen molar-refractivity contribution in [3.63, 3.8) is 0 Å². The monoisotopic (exact) mass is 369 g/mol. The Bertz CT molecular complexity index is 985. The molecule has 0 radical (unpaired) electrons. The van der Waals surface area contributed by atoms with Crippen molar-refractivity contribution in [1.29, 1.82) is 0 Å². The van der Waals surface area contributed by atoms with Gasteiger partial charge in [-0.1, -0.05) is 34.9 Å². The van der Waals surface area contributed by atoms with Crippen molar-refractivity contribution < 1.29 is 9.47 Å². The maximum absolute atomic E-state index is 6.40. The molecule has 1 atom stereocenters. The summed E-state index contributed by atoms with van der Waals surface area (Å²) in [5, 5.41) is 15.8. The number of hydrogen-bond acceptors (Lipinski definition) is 6. The fourth-order valence-electron chi connectivity index (χ4n) is 2.96. The SMILES string of the molecule is COc1ccc(C2=C[C@@H](c3ccccc3Cl)n3nnnc3N2)cc1OC. The summed E-state index contributed by atoms with van der Waals surface area (Å²) in [7, 11) is 3.22. The lowest BCUT2D eigenvalue weighted by atomic mass is 10.0. The molecule has 0 fully saturated rings. The Kier molecular flexibility index (Phi) is 4.22. The average Bonchev–Trinajstić information content (AvgIpc) is 3.16. The van der Waals surface area contributed by atoms with Crippen LogP contribution in [0.5, 0.6) is 11.5 Å². The molecule has 0 aliphatic carbocycles. The second-order valence-corrected chi connectivity index (χ2v) is 6.10. The number of hydrogen-bond donors (Lipinski definition) is 1. The summed E-state index contributed by atoms with van der Waals surface area (Å²) in [6.45, 7) is 0. The number of nitrogens with zero attached hydrogens (tertiary/aromatic N) is 4. The summed E-state index contributed by atoms with van der Waals surface area (Å²) in [6.07, 6.45) is 2.03. The highest BCUT2D eigenvalue weighted by molar-refractivity contribution is 6.31. The van der Waals surface area contributed by atoms with Gasteiger partial charge in [0.1, 0.15) is 6.04 Å². The molecule has 7 nitrogen and oxygen atoms in total. The second-order valence-electron chi connectivity index (χ2n) is 5.69. The number of ether oxygens (including phenoxy) is 2. The lowest BCUT2D eigenvalue weighted by Gasteiger charge is -2.24. The first-order valence-electron chi connectivity index (χ1n) is 7.95. The van der Waals surface area contributed by atoms with Gasteiger partial charge in [0.25, 0.3) is 0 Å². The average molecular weight is 370 g/mol. The van der Waals surface area contributed by atoms with Gasteiger partial charge in [0, 0.05) is 16.3 Å². The van der Waals surface area contributed by atoms with Crippen LogP contribution in [-0.2, 0) is 0 Å². The molecule has 1 aliphatic rings. The summed E-state index contributed by atoms with van der Waals surface area (Å²) >= 11 is 6.40. The zero-order chi connectivity index (χ0) is 18.1. The Morgan fingerprint density at radius 1 is 1.08 bits per heavy atom. The highest BCUT2D eigenvalue weighted by Crippen LogP contribution is 2.36. The van der Waals surface area contributed by atoms with Crippen LogP contribution in [0.3, 0.4) is 0 Å². The molecule has 4 rings (SSSR count). The van der Waals surface area contributed by atoms with Gasteiger partial charge in [0.05, 0.1) is 14.2 Å². The van der Waals surface area contributed by atoms with E-state index in [9.17, 15) is 0 Å². The molecule has 1 aromatic heterocycles. The number of nitrogens with one attached hydrogen (secondary N) is 1. The molecule has 132 valence electrons. The molecular formula is C18H16ClN5O2. The molecule has 0 saturated carbocycles. The number of halogens is 1. The van der Waals surface area contributed by atoms with Crippen molar-refractivity contribution in [3.05, 3.63) is 64.7 Å². The number of tetrazole rings is 1. The van der Waals surface area contributed by atoms with E-state index in [0.29, 0.717) is 22.5 Å². The van der Waals surface area contributed by atoms with E-state index in [-0.39, 0.29) is 6.04 Å². The Labute approximate surface area is 155 Å². The van der Waals surface area contributed by atoms with Crippen molar-refractivity contribution in [1.82, 2.24) is 20.2 Å². The van der Waals surface area contributed by atoms with E-state index in [4.69, 9.17) is 21.1 Å². The van der Waals surface area contributed by atoms with E-state index in [2.05, 4.69) is 20.8 Å². The van der Waals surface area contributed by atoms with Crippen LogP contribution < -0.4 is 14.8 Å². The largest absolute Gasteiger partial charge is 0.493 e. The number of fused-ring (bicyclic) bond motifs is 1. The van der Waals surface area contributed by atoms with Crippen molar-refractivity contribution >= 4 is 23.2 Å². The predicted octanol–water partition coefficient (Wildman–Crippen LogP) is 3.40. The van der Waals surface area contributed by atoms with Crippen molar-refractivity contribution in [2.75, 3.05) is 19.5 Å². The summed E-state index contributed by atoms with van der Waals surface area (Å²) in [5.74, 6) is 1.86. The van der Waals surface area contributed by atoms with E-state index in [0.717, 1.165) is 16.8 Å².